The molecule has 3 aromatic rings. The fraction of sp³-hybridized carbons (Fsp3) is 0.0833. The van der Waals surface area contributed by atoms with Crippen LogP contribution in [0.15, 0.2) is 84.4 Å². The van der Waals surface area contributed by atoms with Crippen molar-refractivity contribution in [1.29, 1.82) is 5.26 Å². The molecule has 3 aromatic carbocycles. The number of hydrogen-bond acceptors (Lipinski definition) is 3. The lowest BCUT2D eigenvalue weighted by Crippen LogP contribution is -2.14. The molecule has 4 nitrogen and oxygen atoms in total. The number of nitrogens with zero attached hydrogens (tertiary/aromatic N) is 1. The van der Waals surface area contributed by atoms with Gasteiger partial charge in [-0.05, 0) is 36.3 Å². The molecule has 28 heavy (non-hydrogen) atoms. The van der Waals surface area contributed by atoms with Crippen molar-refractivity contribution < 1.29 is 9.53 Å². The summed E-state index contributed by atoms with van der Waals surface area (Å²) in [6.45, 7) is 2.31. The number of carbonyl (C=O) groups excluding carboxylic acids is 1. The Morgan fingerprint density at radius 2 is 1.68 bits per heavy atom. The Kier molecular flexibility index (Phi) is 6.22. The van der Waals surface area contributed by atoms with Gasteiger partial charge in [0.15, 0.2) is 0 Å². The van der Waals surface area contributed by atoms with Crippen molar-refractivity contribution in [2.45, 2.75) is 13.5 Å². The molecule has 4 heteroatoms. The van der Waals surface area contributed by atoms with Crippen molar-refractivity contribution in [2.75, 3.05) is 5.32 Å². The van der Waals surface area contributed by atoms with Crippen LogP contribution in [0.1, 0.15) is 16.7 Å². The van der Waals surface area contributed by atoms with Crippen LogP contribution in [0.25, 0.3) is 6.08 Å². The predicted octanol–water partition coefficient (Wildman–Crippen LogP) is 5.12. The molecule has 0 aliphatic rings. The third kappa shape index (κ3) is 4.87. The summed E-state index contributed by atoms with van der Waals surface area (Å²) in [4.78, 5) is 12.5. The molecular formula is C24H20N2O2. The van der Waals surface area contributed by atoms with Crippen LogP contribution in [0.4, 0.5) is 5.69 Å². The third-order valence-corrected chi connectivity index (χ3v) is 4.21. The van der Waals surface area contributed by atoms with Gasteiger partial charge in [-0.2, -0.15) is 5.26 Å². The van der Waals surface area contributed by atoms with Gasteiger partial charge in [0.05, 0.1) is 0 Å². The van der Waals surface area contributed by atoms with E-state index in [4.69, 9.17) is 4.74 Å². The van der Waals surface area contributed by atoms with E-state index in [9.17, 15) is 10.1 Å². The first kappa shape index (κ1) is 18.9. The zero-order valence-corrected chi connectivity index (χ0v) is 15.6. The molecule has 0 bridgehead atoms. The van der Waals surface area contributed by atoms with E-state index in [0.717, 1.165) is 11.1 Å². The minimum absolute atomic E-state index is 0.0130. The molecule has 0 atom stereocenters. The van der Waals surface area contributed by atoms with Gasteiger partial charge in [0.1, 0.15) is 24.0 Å². The fourth-order valence-corrected chi connectivity index (χ4v) is 2.67. The second-order valence-electron chi connectivity index (χ2n) is 6.25. The summed E-state index contributed by atoms with van der Waals surface area (Å²) < 4.78 is 5.90. The van der Waals surface area contributed by atoms with Gasteiger partial charge in [0, 0.05) is 11.3 Å². The molecule has 3 rings (SSSR count). The summed E-state index contributed by atoms with van der Waals surface area (Å²) in [5.74, 6) is 0.164. The summed E-state index contributed by atoms with van der Waals surface area (Å²) >= 11 is 0. The predicted molar refractivity (Wildman–Crippen MR) is 111 cm³/mol. The normalized spacial score (nSPS) is 10.8. The smallest absolute Gasteiger partial charge is 0.266 e. The van der Waals surface area contributed by atoms with Crippen molar-refractivity contribution in [2.24, 2.45) is 0 Å². The van der Waals surface area contributed by atoms with Gasteiger partial charge in [-0.3, -0.25) is 4.79 Å². The lowest BCUT2D eigenvalue weighted by atomic mass is 10.1. The lowest BCUT2D eigenvalue weighted by molar-refractivity contribution is -0.112. The molecule has 0 aromatic heterocycles. The summed E-state index contributed by atoms with van der Waals surface area (Å²) in [5.41, 5.74) is 3.34. The monoisotopic (exact) mass is 368 g/mol. The highest BCUT2D eigenvalue weighted by Gasteiger charge is 2.12. The number of hydrogen-bond donors (Lipinski definition) is 1. The van der Waals surface area contributed by atoms with E-state index in [1.54, 1.807) is 12.1 Å². The number of rotatable bonds is 6. The molecule has 0 unspecified atom stereocenters. The van der Waals surface area contributed by atoms with Crippen LogP contribution in [-0.4, -0.2) is 5.91 Å². The molecule has 0 saturated carbocycles. The van der Waals surface area contributed by atoms with Gasteiger partial charge >= 0.3 is 0 Å². The lowest BCUT2D eigenvalue weighted by Gasteiger charge is -2.10. The van der Waals surface area contributed by atoms with Gasteiger partial charge < -0.3 is 10.1 Å². The van der Waals surface area contributed by atoms with Crippen molar-refractivity contribution in [3.05, 3.63) is 101 Å². The standard InChI is InChI=1S/C24H20N2O2/c1-18-9-5-7-13-22(18)26-24(27)21(16-25)15-20-12-6-8-14-23(20)28-17-19-10-3-2-4-11-19/h2-15H,17H2,1H3,(H,26,27)/b21-15+. The SMILES string of the molecule is Cc1ccccc1NC(=O)/C(C#N)=C/c1ccccc1OCc1ccccc1. The van der Waals surface area contributed by atoms with E-state index in [2.05, 4.69) is 5.32 Å². The number of nitriles is 1. The summed E-state index contributed by atoms with van der Waals surface area (Å²) in [6, 6.07) is 26.6. The quantitative estimate of drug-likeness (QED) is 0.485. The molecule has 138 valence electrons. The highest BCUT2D eigenvalue weighted by Crippen LogP contribution is 2.23. The van der Waals surface area contributed by atoms with Crippen molar-refractivity contribution >= 4 is 17.7 Å². The van der Waals surface area contributed by atoms with E-state index in [1.165, 1.54) is 0 Å². The Hall–Kier alpha value is -3.84. The van der Waals surface area contributed by atoms with Gasteiger partial charge in [0.25, 0.3) is 5.91 Å². The summed E-state index contributed by atoms with van der Waals surface area (Å²) in [6.07, 6.45) is 1.55. The Morgan fingerprint density at radius 3 is 2.43 bits per heavy atom. The van der Waals surface area contributed by atoms with Crippen molar-refractivity contribution in [1.82, 2.24) is 0 Å². The number of anilines is 1. The van der Waals surface area contributed by atoms with Gasteiger partial charge in [-0.1, -0.05) is 66.7 Å². The highest BCUT2D eigenvalue weighted by atomic mass is 16.5. The van der Waals surface area contributed by atoms with E-state index < -0.39 is 5.91 Å². The van der Waals surface area contributed by atoms with Crippen molar-refractivity contribution in [3.63, 3.8) is 0 Å². The Bertz CT molecular complexity index is 1030. The van der Waals surface area contributed by atoms with E-state index >= 15 is 0 Å². The number of ether oxygens (including phenoxy) is 1. The Balaban J connectivity index is 1.79. The minimum atomic E-state index is -0.449. The Morgan fingerprint density at radius 1 is 1.00 bits per heavy atom. The van der Waals surface area contributed by atoms with Crippen molar-refractivity contribution in [3.8, 4) is 11.8 Å². The number of benzene rings is 3. The first-order valence-corrected chi connectivity index (χ1v) is 8.92. The molecule has 1 N–H and O–H groups in total. The highest BCUT2D eigenvalue weighted by molar-refractivity contribution is 6.10. The zero-order valence-electron chi connectivity index (χ0n) is 15.6. The van der Waals surface area contributed by atoms with Crippen LogP contribution >= 0.6 is 0 Å². The summed E-state index contributed by atoms with van der Waals surface area (Å²) in [7, 11) is 0. The molecule has 0 aliphatic carbocycles. The number of aryl methyl sites for hydroxylation is 1. The maximum Gasteiger partial charge on any atom is 0.266 e. The van der Waals surface area contributed by atoms with Gasteiger partial charge in [-0.25, -0.2) is 0 Å². The van der Waals surface area contributed by atoms with E-state index in [-0.39, 0.29) is 5.57 Å². The number of amides is 1. The number of nitrogens with one attached hydrogen (secondary N) is 1. The second kappa shape index (κ2) is 9.20. The van der Waals surface area contributed by atoms with Crippen LogP contribution < -0.4 is 10.1 Å². The van der Waals surface area contributed by atoms with Crippen LogP contribution in [-0.2, 0) is 11.4 Å². The molecular weight excluding hydrogens is 348 g/mol. The minimum Gasteiger partial charge on any atom is -0.488 e. The Labute approximate surface area is 164 Å². The maximum atomic E-state index is 12.5. The average Bonchev–Trinajstić information content (AvgIpc) is 2.73. The fourth-order valence-electron chi connectivity index (χ4n) is 2.67. The van der Waals surface area contributed by atoms with Gasteiger partial charge in [-0.15, -0.1) is 0 Å². The topological polar surface area (TPSA) is 62.1 Å². The first-order chi connectivity index (χ1) is 13.7. The molecule has 1 amide bonds. The molecule has 0 radical (unpaired) electrons. The number of para-hydroxylation sites is 2. The van der Waals surface area contributed by atoms with Gasteiger partial charge in [0.2, 0.25) is 0 Å². The zero-order chi connectivity index (χ0) is 19.8. The summed E-state index contributed by atoms with van der Waals surface area (Å²) in [5, 5.41) is 12.3. The largest absolute Gasteiger partial charge is 0.488 e. The third-order valence-electron chi connectivity index (χ3n) is 4.21. The molecule has 0 fully saturated rings. The average molecular weight is 368 g/mol. The van der Waals surface area contributed by atoms with Crippen LogP contribution in [0.3, 0.4) is 0 Å². The maximum absolute atomic E-state index is 12.5. The van der Waals surface area contributed by atoms with Crippen LogP contribution in [0.2, 0.25) is 0 Å². The van der Waals surface area contributed by atoms with Crippen LogP contribution in [0.5, 0.6) is 5.75 Å². The first-order valence-electron chi connectivity index (χ1n) is 8.92. The second-order valence-corrected chi connectivity index (χ2v) is 6.25. The van der Waals surface area contributed by atoms with E-state index in [1.807, 2.05) is 85.8 Å². The van der Waals surface area contributed by atoms with E-state index in [0.29, 0.717) is 23.6 Å². The molecule has 0 saturated heterocycles. The molecule has 0 heterocycles. The van der Waals surface area contributed by atoms with Crippen LogP contribution in [0, 0.1) is 18.3 Å². The number of carbonyl (C=O) groups is 1. The molecule has 0 aliphatic heterocycles. The molecule has 0 spiro atoms.